The van der Waals surface area contributed by atoms with Crippen LogP contribution in [0.25, 0.3) is 22.5 Å². The van der Waals surface area contributed by atoms with E-state index in [9.17, 15) is 4.79 Å². The van der Waals surface area contributed by atoms with Gasteiger partial charge in [0.25, 0.3) is 5.91 Å². The maximum atomic E-state index is 13.5. The maximum absolute atomic E-state index is 13.5. The van der Waals surface area contributed by atoms with Crippen LogP contribution in [0.5, 0.6) is 0 Å². The number of para-hydroxylation sites is 1. The molecular formula is C28H27N3O2. The van der Waals surface area contributed by atoms with Crippen molar-refractivity contribution in [3.63, 3.8) is 0 Å². The Morgan fingerprint density at radius 3 is 2.06 bits per heavy atom. The molecule has 1 aliphatic heterocycles. The second-order valence-electron chi connectivity index (χ2n) is 8.48. The summed E-state index contributed by atoms with van der Waals surface area (Å²) in [5.41, 5.74) is 6.82. The standard InChI is InChI=1S/C28H27N3O2/c1-20-8-6-7-11-25(20)30-16-18-31(19-17-30)28(32)26-21(2)29-33-27(26)24-14-12-23(13-15-24)22-9-4-3-5-10-22/h3-15H,16-19H2,1-2H3. The number of rotatable bonds is 4. The van der Waals surface area contributed by atoms with E-state index in [4.69, 9.17) is 4.52 Å². The van der Waals surface area contributed by atoms with E-state index < -0.39 is 0 Å². The average molecular weight is 438 g/mol. The fourth-order valence-electron chi connectivity index (χ4n) is 4.49. The highest BCUT2D eigenvalue weighted by molar-refractivity contribution is 6.00. The SMILES string of the molecule is Cc1ccccc1N1CCN(C(=O)c2c(C)noc2-c2ccc(-c3ccccc3)cc2)CC1. The first-order valence-corrected chi connectivity index (χ1v) is 11.3. The third kappa shape index (κ3) is 4.14. The second-order valence-corrected chi connectivity index (χ2v) is 8.48. The number of aryl methyl sites for hydroxylation is 2. The summed E-state index contributed by atoms with van der Waals surface area (Å²) in [6.07, 6.45) is 0. The molecule has 0 N–H and O–H groups in total. The van der Waals surface area contributed by atoms with E-state index in [-0.39, 0.29) is 5.91 Å². The largest absolute Gasteiger partial charge is 0.368 e. The fraction of sp³-hybridized carbons (Fsp3) is 0.214. The zero-order valence-corrected chi connectivity index (χ0v) is 19.0. The molecule has 0 bridgehead atoms. The molecular weight excluding hydrogens is 410 g/mol. The first-order chi connectivity index (χ1) is 16.1. The number of anilines is 1. The number of benzene rings is 3. The van der Waals surface area contributed by atoms with Gasteiger partial charge < -0.3 is 14.3 Å². The molecule has 166 valence electrons. The topological polar surface area (TPSA) is 49.6 Å². The molecule has 5 heteroatoms. The quantitative estimate of drug-likeness (QED) is 0.418. The predicted octanol–water partition coefficient (Wildman–Crippen LogP) is 5.59. The van der Waals surface area contributed by atoms with Gasteiger partial charge in [-0.25, -0.2) is 0 Å². The third-order valence-corrected chi connectivity index (χ3v) is 6.35. The number of carbonyl (C=O) groups is 1. The van der Waals surface area contributed by atoms with Gasteiger partial charge in [0.1, 0.15) is 5.56 Å². The minimum Gasteiger partial charge on any atom is -0.368 e. The van der Waals surface area contributed by atoms with Crippen LogP contribution in [-0.4, -0.2) is 42.1 Å². The minimum absolute atomic E-state index is 0.0136. The van der Waals surface area contributed by atoms with Gasteiger partial charge in [-0.15, -0.1) is 0 Å². The molecule has 33 heavy (non-hydrogen) atoms. The number of piperazine rings is 1. The Hall–Kier alpha value is -3.86. The summed E-state index contributed by atoms with van der Waals surface area (Å²) in [5, 5.41) is 4.13. The summed E-state index contributed by atoms with van der Waals surface area (Å²) in [4.78, 5) is 17.7. The summed E-state index contributed by atoms with van der Waals surface area (Å²) in [6.45, 7) is 6.92. The molecule has 1 saturated heterocycles. The molecule has 1 amide bonds. The molecule has 5 nitrogen and oxygen atoms in total. The van der Waals surface area contributed by atoms with Crippen molar-refractivity contribution in [2.45, 2.75) is 13.8 Å². The van der Waals surface area contributed by atoms with Crippen molar-refractivity contribution in [3.05, 3.63) is 95.7 Å². The van der Waals surface area contributed by atoms with E-state index in [1.165, 1.54) is 11.3 Å². The number of amides is 1. The van der Waals surface area contributed by atoms with Crippen molar-refractivity contribution in [1.29, 1.82) is 0 Å². The van der Waals surface area contributed by atoms with Crippen LogP contribution in [0.3, 0.4) is 0 Å². The van der Waals surface area contributed by atoms with Gasteiger partial charge in [0.05, 0.1) is 5.69 Å². The zero-order valence-electron chi connectivity index (χ0n) is 19.0. The molecule has 3 aromatic carbocycles. The van der Waals surface area contributed by atoms with Gasteiger partial charge in [0, 0.05) is 37.4 Å². The molecule has 0 radical (unpaired) electrons. The van der Waals surface area contributed by atoms with Crippen LogP contribution in [0.2, 0.25) is 0 Å². The van der Waals surface area contributed by atoms with Crippen molar-refractivity contribution in [1.82, 2.24) is 10.1 Å². The van der Waals surface area contributed by atoms with Crippen LogP contribution in [-0.2, 0) is 0 Å². The van der Waals surface area contributed by atoms with Gasteiger partial charge in [0.15, 0.2) is 5.76 Å². The Bertz CT molecular complexity index is 1250. The lowest BCUT2D eigenvalue weighted by Crippen LogP contribution is -2.49. The molecule has 1 aliphatic rings. The molecule has 0 spiro atoms. The Morgan fingerprint density at radius 1 is 0.758 bits per heavy atom. The summed E-state index contributed by atoms with van der Waals surface area (Å²) >= 11 is 0. The van der Waals surface area contributed by atoms with Crippen LogP contribution in [0.15, 0.2) is 83.4 Å². The lowest BCUT2D eigenvalue weighted by molar-refractivity contribution is 0.0746. The maximum Gasteiger partial charge on any atom is 0.259 e. The normalized spacial score (nSPS) is 13.9. The lowest BCUT2D eigenvalue weighted by atomic mass is 10.0. The number of carbonyl (C=O) groups excluding carboxylic acids is 1. The summed E-state index contributed by atoms with van der Waals surface area (Å²) in [5.74, 6) is 0.527. The summed E-state index contributed by atoms with van der Waals surface area (Å²) in [6, 6.07) is 26.7. The molecule has 0 aliphatic carbocycles. The number of hydrogen-bond donors (Lipinski definition) is 0. The molecule has 0 atom stereocenters. The number of aromatic nitrogens is 1. The van der Waals surface area contributed by atoms with Crippen LogP contribution in [0, 0.1) is 13.8 Å². The number of hydrogen-bond acceptors (Lipinski definition) is 4. The van der Waals surface area contributed by atoms with E-state index >= 15 is 0 Å². The second kappa shape index (κ2) is 8.94. The smallest absolute Gasteiger partial charge is 0.259 e. The Morgan fingerprint density at radius 2 is 1.36 bits per heavy atom. The van der Waals surface area contributed by atoms with E-state index in [1.54, 1.807) is 0 Å². The Labute approximate surface area is 194 Å². The van der Waals surface area contributed by atoms with Crippen molar-refractivity contribution >= 4 is 11.6 Å². The molecule has 0 saturated carbocycles. The van der Waals surface area contributed by atoms with E-state index in [0.717, 1.165) is 29.8 Å². The first kappa shape index (κ1) is 21.0. The first-order valence-electron chi connectivity index (χ1n) is 11.3. The monoisotopic (exact) mass is 437 g/mol. The minimum atomic E-state index is -0.0136. The van der Waals surface area contributed by atoms with Gasteiger partial charge in [-0.2, -0.15) is 0 Å². The van der Waals surface area contributed by atoms with Gasteiger partial charge in [-0.05, 0) is 36.6 Å². The summed E-state index contributed by atoms with van der Waals surface area (Å²) in [7, 11) is 0. The number of nitrogens with zero attached hydrogens (tertiary/aromatic N) is 3. The molecule has 0 unspecified atom stereocenters. The van der Waals surface area contributed by atoms with Gasteiger partial charge >= 0.3 is 0 Å². The van der Waals surface area contributed by atoms with Gasteiger partial charge in [-0.3, -0.25) is 4.79 Å². The predicted molar refractivity (Wildman–Crippen MR) is 131 cm³/mol. The zero-order chi connectivity index (χ0) is 22.8. The van der Waals surface area contributed by atoms with E-state index in [2.05, 4.69) is 65.5 Å². The molecule has 1 fully saturated rings. The molecule has 2 heterocycles. The van der Waals surface area contributed by atoms with Crippen molar-refractivity contribution in [2.24, 2.45) is 0 Å². The van der Waals surface area contributed by atoms with Crippen LogP contribution in [0.1, 0.15) is 21.6 Å². The summed E-state index contributed by atoms with van der Waals surface area (Å²) < 4.78 is 5.64. The van der Waals surface area contributed by atoms with Crippen molar-refractivity contribution in [3.8, 4) is 22.5 Å². The average Bonchev–Trinajstić information content (AvgIpc) is 3.26. The molecule has 1 aromatic heterocycles. The highest BCUT2D eigenvalue weighted by Gasteiger charge is 2.29. The highest BCUT2D eigenvalue weighted by atomic mass is 16.5. The van der Waals surface area contributed by atoms with Crippen molar-refractivity contribution in [2.75, 3.05) is 31.1 Å². The van der Waals surface area contributed by atoms with E-state index in [1.807, 2.05) is 42.2 Å². The van der Waals surface area contributed by atoms with E-state index in [0.29, 0.717) is 30.1 Å². The van der Waals surface area contributed by atoms with Crippen LogP contribution >= 0.6 is 0 Å². The molecule has 4 aromatic rings. The van der Waals surface area contributed by atoms with Gasteiger partial charge in [0.2, 0.25) is 0 Å². The molecule has 5 rings (SSSR count). The highest BCUT2D eigenvalue weighted by Crippen LogP contribution is 2.30. The third-order valence-electron chi connectivity index (χ3n) is 6.35. The lowest BCUT2D eigenvalue weighted by Gasteiger charge is -2.36. The van der Waals surface area contributed by atoms with Crippen LogP contribution < -0.4 is 4.90 Å². The van der Waals surface area contributed by atoms with Gasteiger partial charge in [-0.1, -0.05) is 78.0 Å². The van der Waals surface area contributed by atoms with Crippen LogP contribution in [0.4, 0.5) is 5.69 Å². The fourth-order valence-corrected chi connectivity index (χ4v) is 4.49. The Balaban J connectivity index is 1.34. The Kier molecular flexibility index (Phi) is 5.69. The van der Waals surface area contributed by atoms with Crippen molar-refractivity contribution < 1.29 is 9.32 Å².